The summed E-state index contributed by atoms with van der Waals surface area (Å²) < 4.78 is 5.42. The molecule has 0 amide bonds. The van der Waals surface area contributed by atoms with Crippen LogP contribution in [0.15, 0.2) is 18.3 Å². The summed E-state index contributed by atoms with van der Waals surface area (Å²) in [5.74, 6) is 1.06. The molecule has 1 aromatic heterocycles. The summed E-state index contributed by atoms with van der Waals surface area (Å²) in [6.45, 7) is 7.03. The van der Waals surface area contributed by atoms with Crippen molar-refractivity contribution in [1.29, 1.82) is 0 Å². The van der Waals surface area contributed by atoms with Crippen LogP contribution in [-0.2, 0) is 4.74 Å². The van der Waals surface area contributed by atoms with Gasteiger partial charge in [0.1, 0.15) is 5.82 Å². The fourth-order valence-electron chi connectivity index (χ4n) is 2.58. The topological polar surface area (TPSA) is 37.4 Å². The molecule has 1 N–H and O–H groups in total. The standard InChI is InChI=1S/C15H25N3O/c1-4-16-12(2)13-5-8-17-15(11-13)18(3)14-6-9-19-10-7-14/h5,8,11-12,14,16H,4,6-7,9-10H2,1-3H3. The zero-order chi connectivity index (χ0) is 13.7. The highest BCUT2D eigenvalue weighted by Crippen LogP contribution is 2.22. The predicted molar refractivity (Wildman–Crippen MR) is 78.6 cm³/mol. The molecule has 0 aliphatic carbocycles. The van der Waals surface area contributed by atoms with Crippen molar-refractivity contribution < 1.29 is 4.74 Å². The van der Waals surface area contributed by atoms with Gasteiger partial charge in [-0.15, -0.1) is 0 Å². The van der Waals surface area contributed by atoms with Crippen molar-refractivity contribution in [2.24, 2.45) is 0 Å². The third kappa shape index (κ3) is 3.67. The van der Waals surface area contributed by atoms with Crippen LogP contribution in [0.3, 0.4) is 0 Å². The summed E-state index contributed by atoms with van der Waals surface area (Å²) in [5, 5.41) is 3.44. The highest BCUT2D eigenvalue weighted by Gasteiger charge is 2.20. The first-order chi connectivity index (χ1) is 9.22. The Kier molecular flexibility index (Phi) is 5.16. The number of hydrogen-bond donors (Lipinski definition) is 1. The maximum atomic E-state index is 5.42. The maximum absolute atomic E-state index is 5.42. The lowest BCUT2D eigenvalue weighted by Crippen LogP contribution is -2.37. The molecule has 106 valence electrons. The van der Waals surface area contributed by atoms with Gasteiger partial charge in [0.25, 0.3) is 0 Å². The van der Waals surface area contributed by atoms with Gasteiger partial charge in [-0.3, -0.25) is 0 Å². The second kappa shape index (κ2) is 6.87. The second-order valence-corrected chi connectivity index (χ2v) is 5.18. The highest BCUT2D eigenvalue weighted by atomic mass is 16.5. The van der Waals surface area contributed by atoms with E-state index in [4.69, 9.17) is 4.74 Å². The number of nitrogens with zero attached hydrogens (tertiary/aromatic N) is 2. The van der Waals surface area contributed by atoms with E-state index in [1.54, 1.807) is 0 Å². The van der Waals surface area contributed by atoms with E-state index in [0.717, 1.165) is 38.4 Å². The van der Waals surface area contributed by atoms with Crippen molar-refractivity contribution in [2.45, 2.75) is 38.8 Å². The molecule has 4 heteroatoms. The molecule has 1 saturated heterocycles. The Bertz CT molecular complexity index is 391. The summed E-state index contributed by atoms with van der Waals surface area (Å²) in [4.78, 5) is 6.81. The number of anilines is 1. The largest absolute Gasteiger partial charge is 0.381 e. The normalized spacial score (nSPS) is 18.3. The van der Waals surface area contributed by atoms with Gasteiger partial charge in [-0.2, -0.15) is 0 Å². The molecule has 1 fully saturated rings. The van der Waals surface area contributed by atoms with Crippen LogP contribution in [0.4, 0.5) is 5.82 Å². The van der Waals surface area contributed by atoms with Crippen LogP contribution in [0.2, 0.25) is 0 Å². The zero-order valence-corrected chi connectivity index (χ0v) is 12.2. The Morgan fingerprint density at radius 1 is 1.47 bits per heavy atom. The maximum Gasteiger partial charge on any atom is 0.128 e. The zero-order valence-electron chi connectivity index (χ0n) is 12.2. The van der Waals surface area contributed by atoms with E-state index in [0.29, 0.717) is 12.1 Å². The van der Waals surface area contributed by atoms with Crippen LogP contribution in [0.1, 0.15) is 38.3 Å². The van der Waals surface area contributed by atoms with Crippen molar-refractivity contribution in [1.82, 2.24) is 10.3 Å². The lowest BCUT2D eigenvalue weighted by molar-refractivity contribution is 0.0853. The van der Waals surface area contributed by atoms with Gasteiger partial charge in [0.15, 0.2) is 0 Å². The van der Waals surface area contributed by atoms with Crippen LogP contribution in [0, 0.1) is 0 Å². The number of hydrogen-bond acceptors (Lipinski definition) is 4. The summed E-state index contributed by atoms with van der Waals surface area (Å²) in [7, 11) is 2.14. The number of rotatable bonds is 5. The van der Waals surface area contributed by atoms with E-state index in [1.807, 2.05) is 6.20 Å². The van der Waals surface area contributed by atoms with Crippen molar-refractivity contribution in [3.63, 3.8) is 0 Å². The Hall–Kier alpha value is -1.13. The van der Waals surface area contributed by atoms with E-state index in [9.17, 15) is 0 Å². The van der Waals surface area contributed by atoms with Gasteiger partial charge in [-0.1, -0.05) is 6.92 Å². The number of pyridine rings is 1. The summed E-state index contributed by atoms with van der Waals surface area (Å²) >= 11 is 0. The van der Waals surface area contributed by atoms with Crippen molar-refractivity contribution in [2.75, 3.05) is 31.7 Å². The minimum atomic E-state index is 0.370. The van der Waals surface area contributed by atoms with Gasteiger partial charge in [0, 0.05) is 38.5 Å². The molecule has 1 unspecified atom stereocenters. The van der Waals surface area contributed by atoms with Gasteiger partial charge < -0.3 is 15.0 Å². The third-order valence-corrected chi connectivity index (χ3v) is 3.88. The van der Waals surface area contributed by atoms with Crippen LogP contribution >= 0.6 is 0 Å². The van der Waals surface area contributed by atoms with E-state index in [2.05, 4.69) is 48.2 Å². The van der Waals surface area contributed by atoms with Crippen molar-refractivity contribution in [3.8, 4) is 0 Å². The Balaban J connectivity index is 2.08. The number of aromatic nitrogens is 1. The van der Waals surface area contributed by atoms with Crippen LogP contribution < -0.4 is 10.2 Å². The molecule has 4 nitrogen and oxygen atoms in total. The molecule has 0 radical (unpaired) electrons. The van der Waals surface area contributed by atoms with Gasteiger partial charge >= 0.3 is 0 Å². The van der Waals surface area contributed by atoms with E-state index in [1.165, 1.54) is 5.56 Å². The molecule has 1 aliphatic heterocycles. The Morgan fingerprint density at radius 3 is 2.89 bits per heavy atom. The molecule has 0 bridgehead atoms. The first-order valence-electron chi connectivity index (χ1n) is 7.22. The van der Waals surface area contributed by atoms with Crippen LogP contribution in [-0.4, -0.2) is 37.8 Å². The fraction of sp³-hybridized carbons (Fsp3) is 0.667. The molecule has 1 atom stereocenters. The monoisotopic (exact) mass is 263 g/mol. The average Bonchev–Trinajstić information content (AvgIpc) is 2.48. The van der Waals surface area contributed by atoms with Gasteiger partial charge in [0.05, 0.1) is 0 Å². The van der Waals surface area contributed by atoms with Crippen LogP contribution in [0.25, 0.3) is 0 Å². The molecule has 19 heavy (non-hydrogen) atoms. The molecule has 0 spiro atoms. The second-order valence-electron chi connectivity index (χ2n) is 5.18. The molecule has 1 aromatic rings. The lowest BCUT2D eigenvalue weighted by atomic mass is 10.1. The fourth-order valence-corrected chi connectivity index (χ4v) is 2.58. The lowest BCUT2D eigenvalue weighted by Gasteiger charge is -2.32. The summed E-state index contributed by atoms with van der Waals surface area (Å²) in [6, 6.07) is 5.21. The quantitative estimate of drug-likeness (QED) is 0.885. The molecular weight excluding hydrogens is 238 g/mol. The van der Waals surface area contributed by atoms with E-state index >= 15 is 0 Å². The smallest absolute Gasteiger partial charge is 0.128 e. The summed E-state index contributed by atoms with van der Waals surface area (Å²) in [6.07, 6.45) is 4.09. The number of ether oxygens (including phenoxy) is 1. The minimum absolute atomic E-state index is 0.370. The SMILES string of the molecule is CCNC(C)c1ccnc(N(C)C2CCOCC2)c1. The molecule has 0 saturated carbocycles. The van der Waals surface area contributed by atoms with Crippen molar-refractivity contribution in [3.05, 3.63) is 23.9 Å². The minimum Gasteiger partial charge on any atom is -0.381 e. The number of nitrogens with one attached hydrogen (secondary N) is 1. The molecule has 0 aromatic carbocycles. The highest BCUT2D eigenvalue weighted by molar-refractivity contribution is 5.42. The van der Waals surface area contributed by atoms with Gasteiger partial charge in [-0.05, 0) is 44.0 Å². The molecule has 2 rings (SSSR count). The molecule has 1 aliphatic rings. The average molecular weight is 263 g/mol. The molecular formula is C15H25N3O. The van der Waals surface area contributed by atoms with Gasteiger partial charge in [-0.25, -0.2) is 4.98 Å². The third-order valence-electron chi connectivity index (χ3n) is 3.88. The van der Waals surface area contributed by atoms with E-state index < -0.39 is 0 Å². The van der Waals surface area contributed by atoms with Crippen molar-refractivity contribution >= 4 is 5.82 Å². The first-order valence-corrected chi connectivity index (χ1v) is 7.22. The first kappa shape index (κ1) is 14.3. The molecule has 2 heterocycles. The van der Waals surface area contributed by atoms with E-state index in [-0.39, 0.29) is 0 Å². The Labute approximate surface area is 116 Å². The summed E-state index contributed by atoms with van der Waals surface area (Å²) in [5.41, 5.74) is 1.30. The van der Waals surface area contributed by atoms with Gasteiger partial charge in [0.2, 0.25) is 0 Å². The predicted octanol–water partition coefficient (Wildman–Crippen LogP) is 2.37. The van der Waals surface area contributed by atoms with Crippen LogP contribution in [0.5, 0.6) is 0 Å². The Morgan fingerprint density at radius 2 is 2.21 bits per heavy atom.